The second-order valence-corrected chi connectivity index (χ2v) is 4.75. The third-order valence-corrected chi connectivity index (χ3v) is 2.94. The molecule has 0 atom stereocenters. The highest BCUT2D eigenvalue weighted by atomic mass is 16.5. The normalized spacial score (nSPS) is 10.6. The molecule has 0 aliphatic heterocycles. The smallest absolute Gasteiger partial charge is 0.142 e. The standard InChI is InChI=1S/C15H22N4O2/c1-2-10-21-15-7-4-3-6-14(15)16-11-13-12-19(18-17-13)8-5-9-20/h3-4,6-7,12,16,20H,2,5,8-11H2,1H3. The second-order valence-electron chi connectivity index (χ2n) is 4.75. The first-order valence-corrected chi connectivity index (χ1v) is 7.29. The van der Waals surface area contributed by atoms with E-state index < -0.39 is 0 Å². The van der Waals surface area contributed by atoms with E-state index in [0.717, 1.165) is 23.6 Å². The van der Waals surface area contributed by atoms with E-state index in [4.69, 9.17) is 9.84 Å². The Kier molecular flexibility index (Phi) is 6.02. The van der Waals surface area contributed by atoms with Crippen LogP contribution >= 0.6 is 0 Å². The largest absolute Gasteiger partial charge is 0.491 e. The van der Waals surface area contributed by atoms with Crippen LogP contribution < -0.4 is 10.1 Å². The van der Waals surface area contributed by atoms with E-state index >= 15 is 0 Å². The third-order valence-electron chi connectivity index (χ3n) is 2.94. The monoisotopic (exact) mass is 290 g/mol. The van der Waals surface area contributed by atoms with E-state index in [-0.39, 0.29) is 6.61 Å². The summed E-state index contributed by atoms with van der Waals surface area (Å²) in [6.07, 6.45) is 3.55. The fourth-order valence-corrected chi connectivity index (χ4v) is 1.90. The Labute approximate surface area is 124 Å². The number of ether oxygens (including phenoxy) is 1. The van der Waals surface area contributed by atoms with E-state index in [2.05, 4.69) is 22.6 Å². The maximum atomic E-state index is 8.80. The maximum Gasteiger partial charge on any atom is 0.142 e. The lowest BCUT2D eigenvalue weighted by atomic mass is 10.3. The van der Waals surface area contributed by atoms with Crippen LogP contribution in [0.25, 0.3) is 0 Å². The summed E-state index contributed by atoms with van der Waals surface area (Å²) in [6.45, 7) is 4.22. The SMILES string of the molecule is CCCOc1ccccc1NCc1cn(CCCO)nn1. The fraction of sp³-hybridized carbons (Fsp3) is 0.467. The van der Waals surface area contributed by atoms with Gasteiger partial charge in [0.1, 0.15) is 11.4 Å². The van der Waals surface area contributed by atoms with Crippen molar-refractivity contribution < 1.29 is 9.84 Å². The zero-order chi connectivity index (χ0) is 14.9. The molecule has 2 aromatic rings. The summed E-state index contributed by atoms with van der Waals surface area (Å²) in [5, 5.41) is 20.2. The Hall–Kier alpha value is -2.08. The van der Waals surface area contributed by atoms with Gasteiger partial charge in [0.05, 0.1) is 25.0 Å². The number of hydrogen-bond donors (Lipinski definition) is 2. The molecule has 6 nitrogen and oxygen atoms in total. The second kappa shape index (κ2) is 8.26. The first kappa shape index (κ1) is 15.3. The molecule has 1 aromatic heterocycles. The number of hydrogen-bond acceptors (Lipinski definition) is 5. The summed E-state index contributed by atoms with van der Waals surface area (Å²) >= 11 is 0. The Bertz CT molecular complexity index is 542. The van der Waals surface area contributed by atoms with Crippen molar-refractivity contribution in [3.63, 3.8) is 0 Å². The van der Waals surface area contributed by atoms with Gasteiger partial charge in [-0.3, -0.25) is 4.68 Å². The van der Waals surface area contributed by atoms with Crippen LogP contribution in [0.1, 0.15) is 25.5 Å². The van der Waals surface area contributed by atoms with Gasteiger partial charge in [-0.25, -0.2) is 0 Å². The van der Waals surface area contributed by atoms with Crippen molar-refractivity contribution in [1.82, 2.24) is 15.0 Å². The summed E-state index contributed by atoms with van der Waals surface area (Å²) < 4.78 is 7.44. The lowest BCUT2D eigenvalue weighted by Crippen LogP contribution is -2.03. The lowest BCUT2D eigenvalue weighted by Gasteiger charge is -2.11. The molecule has 0 spiro atoms. The number of aryl methyl sites for hydroxylation is 1. The van der Waals surface area contributed by atoms with Gasteiger partial charge in [-0.15, -0.1) is 5.10 Å². The molecule has 0 saturated carbocycles. The van der Waals surface area contributed by atoms with Gasteiger partial charge in [0, 0.05) is 13.2 Å². The predicted molar refractivity (Wildman–Crippen MR) is 81.3 cm³/mol. The van der Waals surface area contributed by atoms with Crippen LogP contribution in [0.2, 0.25) is 0 Å². The third kappa shape index (κ3) is 4.75. The van der Waals surface area contributed by atoms with E-state index in [1.54, 1.807) is 4.68 Å². The van der Waals surface area contributed by atoms with Gasteiger partial charge in [-0.2, -0.15) is 0 Å². The fourth-order valence-electron chi connectivity index (χ4n) is 1.90. The molecule has 0 fully saturated rings. The highest BCUT2D eigenvalue weighted by Gasteiger charge is 2.04. The number of para-hydroxylation sites is 2. The van der Waals surface area contributed by atoms with Crippen molar-refractivity contribution in [3.05, 3.63) is 36.2 Å². The van der Waals surface area contributed by atoms with Gasteiger partial charge in [-0.1, -0.05) is 24.3 Å². The summed E-state index contributed by atoms with van der Waals surface area (Å²) in [5.41, 5.74) is 1.81. The number of aliphatic hydroxyl groups is 1. The minimum absolute atomic E-state index is 0.162. The van der Waals surface area contributed by atoms with Gasteiger partial charge >= 0.3 is 0 Å². The molecular formula is C15H22N4O2. The first-order valence-electron chi connectivity index (χ1n) is 7.29. The molecule has 1 aromatic carbocycles. The predicted octanol–water partition coefficient (Wildman–Crippen LogP) is 2.06. The number of aromatic nitrogens is 3. The van der Waals surface area contributed by atoms with Crippen LogP contribution in [-0.2, 0) is 13.1 Å². The number of nitrogens with zero attached hydrogens (tertiary/aromatic N) is 3. The minimum atomic E-state index is 0.162. The van der Waals surface area contributed by atoms with E-state index in [0.29, 0.717) is 26.1 Å². The van der Waals surface area contributed by atoms with Crippen molar-refractivity contribution in [3.8, 4) is 5.75 Å². The van der Waals surface area contributed by atoms with Crippen LogP contribution in [0, 0.1) is 0 Å². The average molecular weight is 290 g/mol. The lowest BCUT2D eigenvalue weighted by molar-refractivity contribution is 0.276. The van der Waals surface area contributed by atoms with Gasteiger partial charge in [-0.05, 0) is 25.0 Å². The summed E-state index contributed by atoms with van der Waals surface area (Å²) in [4.78, 5) is 0. The molecular weight excluding hydrogens is 268 g/mol. The summed E-state index contributed by atoms with van der Waals surface area (Å²) in [7, 11) is 0. The molecule has 6 heteroatoms. The molecule has 2 N–H and O–H groups in total. The maximum absolute atomic E-state index is 8.80. The Morgan fingerprint density at radius 1 is 1.33 bits per heavy atom. The summed E-state index contributed by atoms with van der Waals surface area (Å²) in [5.74, 6) is 0.854. The van der Waals surface area contributed by atoms with Gasteiger partial charge in [0.25, 0.3) is 0 Å². The van der Waals surface area contributed by atoms with E-state index in [1.165, 1.54) is 0 Å². The van der Waals surface area contributed by atoms with Crippen LogP contribution in [0.4, 0.5) is 5.69 Å². The average Bonchev–Trinajstić information content (AvgIpc) is 2.97. The molecule has 0 bridgehead atoms. The molecule has 0 radical (unpaired) electrons. The number of aliphatic hydroxyl groups excluding tert-OH is 1. The van der Waals surface area contributed by atoms with Crippen LogP contribution in [0.5, 0.6) is 5.75 Å². The molecule has 0 aliphatic rings. The van der Waals surface area contributed by atoms with Crippen LogP contribution in [0.3, 0.4) is 0 Å². The highest BCUT2D eigenvalue weighted by molar-refractivity contribution is 5.56. The van der Waals surface area contributed by atoms with Crippen molar-refractivity contribution in [2.45, 2.75) is 32.9 Å². The minimum Gasteiger partial charge on any atom is -0.491 e. The first-order chi connectivity index (χ1) is 10.3. The molecule has 0 saturated heterocycles. The number of anilines is 1. The molecule has 2 rings (SSSR count). The van der Waals surface area contributed by atoms with Gasteiger partial charge in [0.15, 0.2) is 0 Å². The van der Waals surface area contributed by atoms with Crippen molar-refractivity contribution in [2.75, 3.05) is 18.5 Å². The Morgan fingerprint density at radius 3 is 3.00 bits per heavy atom. The molecule has 0 amide bonds. The molecule has 114 valence electrons. The van der Waals surface area contributed by atoms with E-state index in [1.807, 2.05) is 30.5 Å². The Morgan fingerprint density at radius 2 is 2.19 bits per heavy atom. The van der Waals surface area contributed by atoms with Crippen LogP contribution in [-0.4, -0.2) is 33.3 Å². The quantitative estimate of drug-likeness (QED) is 0.739. The molecule has 21 heavy (non-hydrogen) atoms. The zero-order valence-corrected chi connectivity index (χ0v) is 12.3. The zero-order valence-electron chi connectivity index (χ0n) is 12.3. The van der Waals surface area contributed by atoms with Gasteiger partial charge < -0.3 is 15.2 Å². The number of benzene rings is 1. The topological polar surface area (TPSA) is 72.2 Å². The highest BCUT2D eigenvalue weighted by Crippen LogP contribution is 2.24. The van der Waals surface area contributed by atoms with Crippen LogP contribution in [0.15, 0.2) is 30.5 Å². The van der Waals surface area contributed by atoms with Crippen molar-refractivity contribution >= 4 is 5.69 Å². The Balaban J connectivity index is 1.91. The molecule has 0 aliphatic carbocycles. The number of nitrogens with one attached hydrogen (secondary N) is 1. The van der Waals surface area contributed by atoms with Crippen molar-refractivity contribution in [1.29, 1.82) is 0 Å². The van der Waals surface area contributed by atoms with E-state index in [9.17, 15) is 0 Å². The number of rotatable bonds is 9. The molecule has 0 unspecified atom stereocenters. The van der Waals surface area contributed by atoms with Gasteiger partial charge in [0.2, 0.25) is 0 Å². The van der Waals surface area contributed by atoms with Crippen molar-refractivity contribution in [2.24, 2.45) is 0 Å². The summed E-state index contributed by atoms with van der Waals surface area (Å²) in [6, 6.07) is 7.87. The molecule has 1 heterocycles.